The maximum Gasteiger partial charge on any atom is 0.329 e. The lowest BCUT2D eigenvalue weighted by Gasteiger charge is -2.09. The second-order valence-corrected chi connectivity index (χ2v) is 8.56. The largest absolute Gasteiger partial charge is 0.480 e. The second-order valence-electron chi connectivity index (χ2n) is 8.56. The summed E-state index contributed by atoms with van der Waals surface area (Å²) >= 11 is 0. The van der Waals surface area contributed by atoms with Gasteiger partial charge in [-0.2, -0.15) is 0 Å². The maximum atomic E-state index is 11.3. The molecule has 2 N–H and O–H groups in total. The van der Waals surface area contributed by atoms with Crippen LogP contribution in [0.5, 0.6) is 0 Å². The number of carboxylic acids is 1. The van der Waals surface area contributed by atoms with E-state index in [0.29, 0.717) is 152 Å². The molecular weight excluding hydrogens is 590 g/mol. The van der Waals surface area contributed by atoms with Gasteiger partial charge in [0.05, 0.1) is 139 Å². The highest BCUT2D eigenvalue weighted by Gasteiger charge is 2.03. The zero-order valence-electron chi connectivity index (χ0n) is 26.3. The fraction of sp³-hybridized carbons (Fsp3) is 0.929. The summed E-state index contributed by atoms with van der Waals surface area (Å²) in [4.78, 5) is 21.6. The van der Waals surface area contributed by atoms with Crippen molar-refractivity contribution in [3.05, 3.63) is 0 Å². The van der Waals surface area contributed by atoms with Gasteiger partial charge in [-0.15, -0.1) is 0 Å². The van der Waals surface area contributed by atoms with Crippen LogP contribution in [0.15, 0.2) is 0 Å². The van der Waals surface area contributed by atoms with Gasteiger partial charge in [0.2, 0.25) is 5.91 Å². The third-order valence-corrected chi connectivity index (χ3v) is 4.95. The highest BCUT2D eigenvalue weighted by atomic mass is 16.6. The van der Waals surface area contributed by atoms with Crippen LogP contribution in [0.3, 0.4) is 0 Å². The lowest BCUT2D eigenvalue weighted by atomic mass is 10.6. The maximum absolute atomic E-state index is 11.3. The first-order valence-electron chi connectivity index (χ1n) is 15.1. The summed E-state index contributed by atoms with van der Waals surface area (Å²) in [6.07, 6.45) is 0. The minimum Gasteiger partial charge on any atom is -0.480 e. The summed E-state index contributed by atoms with van der Waals surface area (Å²) in [5, 5.41) is 11.0. The Bertz CT molecular complexity index is 603. The summed E-state index contributed by atoms with van der Waals surface area (Å²) in [6.45, 7) is 12.3. The smallest absolute Gasteiger partial charge is 0.329 e. The molecular formula is C28H55NO15. The van der Waals surface area contributed by atoms with E-state index >= 15 is 0 Å². The molecule has 0 aromatic heterocycles. The van der Waals surface area contributed by atoms with E-state index in [2.05, 4.69) is 10.1 Å². The number of hydrogen-bond acceptors (Lipinski definition) is 14. The van der Waals surface area contributed by atoms with E-state index in [9.17, 15) is 9.59 Å². The molecule has 0 atom stereocenters. The molecule has 0 saturated carbocycles. The highest BCUT2D eigenvalue weighted by Crippen LogP contribution is 1.87. The summed E-state index contributed by atoms with van der Waals surface area (Å²) < 4.78 is 63.9. The number of hydrogen-bond donors (Lipinski definition) is 2. The van der Waals surface area contributed by atoms with E-state index in [1.54, 1.807) is 0 Å². The van der Waals surface area contributed by atoms with Gasteiger partial charge in [-0.25, -0.2) is 4.79 Å². The summed E-state index contributed by atoms with van der Waals surface area (Å²) in [7, 11) is 0. The van der Waals surface area contributed by atoms with E-state index in [4.69, 9.17) is 57.2 Å². The molecule has 0 aromatic rings. The molecule has 0 fully saturated rings. The lowest BCUT2D eigenvalue weighted by molar-refractivity contribution is -0.143. The van der Waals surface area contributed by atoms with E-state index < -0.39 is 18.5 Å². The third-order valence-electron chi connectivity index (χ3n) is 4.95. The van der Waals surface area contributed by atoms with Crippen molar-refractivity contribution >= 4 is 11.9 Å². The Labute approximate surface area is 261 Å². The first-order chi connectivity index (χ1) is 21.7. The molecule has 0 saturated heterocycles. The van der Waals surface area contributed by atoms with E-state index in [1.807, 2.05) is 6.92 Å². The number of carbonyl (C=O) groups is 2. The van der Waals surface area contributed by atoms with E-state index in [0.717, 1.165) is 0 Å². The third kappa shape index (κ3) is 38.5. The topological polar surface area (TPSA) is 177 Å². The lowest BCUT2D eigenvalue weighted by Crippen LogP contribution is -2.31. The number of aliphatic carboxylic acids is 1. The first kappa shape index (κ1) is 42.5. The molecule has 0 aliphatic rings. The van der Waals surface area contributed by atoms with Crippen LogP contribution >= 0.6 is 0 Å². The average Bonchev–Trinajstić information content (AvgIpc) is 3.01. The minimum atomic E-state index is -1.12. The van der Waals surface area contributed by atoms with Gasteiger partial charge in [0.25, 0.3) is 0 Å². The molecule has 44 heavy (non-hydrogen) atoms. The zero-order chi connectivity index (χ0) is 32.0. The molecule has 0 bridgehead atoms. The fourth-order valence-corrected chi connectivity index (χ4v) is 2.89. The van der Waals surface area contributed by atoms with Crippen molar-refractivity contribution in [3.8, 4) is 0 Å². The number of amides is 1. The summed E-state index contributed by atoms with van der Waals surface area (Å²) in [6, 6.07) is 0. The molecule has 0 heterocycles. The Kier molecular flexibility index (Phi) is 36.3. The number of nitrogens with one attached hydrogen (secondary N) is 1. The molecule has 16 nitrogen and oxygen atoms in total. The predicted molar refractivity (Wildman–Crippen MR) is 156 cm³/mol. The van der Waals surface area contributed by atoms with Gasteiger partial charge in [-0.05, 0) is 6.92 Å². The number of carboxylic acid groups (broad SMARTS) is 1. The van der Waals surface area contributed by atoms with Crippen molar-refractivity contribution in [2.45, 2.75) is 6.92 Å². The van der Waals surface area contributed by atoms with Crippen molar-refractivity contribution in [2.24, 2.45) is 0 Å². The van der Waals surface area contributed by atoms with Gasteiger partial charge in [0, 0.05) is 13.2 Å². The molecule has 16 heteroatoms. The van der Waals surface area contributed by atoms with Crippen LogP contribution < -0.4 is 5.32 Å². The number of ether oxygens (including phenoxy) is 12. The van der Waals surface area contributed by atoms with Crippen molar-refractivity contribution in [1.82, 2.24) is 5.32 Å². The predicted octanol–water partition coefficient (Wildman–Crippen LogP) is -0.594. The fourth-order valence-electron chi connectivity index (χ4n) is 2.89. The standard InChI is InChI=1S/C28H55NO15/c1-2-33-5-6-35-9-10-37-13-14-39-17-18-41-21-22-43-24-23-42-20-19-40-16-15-38-12-11-36-8-7-34-4-3-29-27(30)25-44-26-28(31)32/h2-26H2,1H3,(H,29,30)(H,31,32). The zero-order valence-corrected chi connectivity index (χ0v) is 26.3. The van der Waals surface area contributed by atoms with Crippen LogP contribution in [0, 0.1) is 0 Å². The molecule has 1 amide bonds. The Balaban J connectivity index is 3.08. The van der Waals surface area contributed by atoms with Crippen LogP contribution in [0.4, 0.5) is 0 Å². The van der Waals surface area contributed by atoms with Crippen LogP contribution in [-0.2, 0) is 66.4 Å². The minimum absolute atomic E-state index is 0.300. The van der Waals surface area contributed by atoms with Crippen LogP contribution in [0.1, 0.15) is 6.92 Å². The highest BCUT2D eigenvalue weighted by molar-refractivity contribution is 5.77. The Hall–Kier alpha value is -1.54. The average molecular weight is 646 g/mol. The SMILES string of the molecule is CCOCCOCCOCCOCCOCCOCCOCCOCCOCCOCCOCCNC(=O)COCC(=O)O. The number of carbonyl (C=O) groups excluding carboxylic acids is 1. The Morgan fingerprint density at radius 3 is 0.955 bits per heavy atom. The molecule has 0 aliphatic carbocycles. The van der Waals surface area contributed by atoms with Gasteiger partial charge in [0.1, 0.15) is 13.2 Å². The second kappa shape index (κ2) is 37.6. The van der Waals surface area contributed by atoms with Crippen molar-refractivity contribution in [2.75, 3.05) is 165 Å². The molecule has 0 unspecified atom stereocenters. The van der Waals surface area contributed by atoms with Crippen molar-refractivity contribution in [1.29, 1.82) is 0 Å². The Morgan fingerprint density at radius 2 is 0.682 bits per heavy atom. The van der Waals surface area contributed by atoms with Crippen LogP contribution in [-0.4, -0.2) is 182 Å². The van der Waals surface area contributed by atoms with E-state index in [1.165, 1.54) is 0 Å². The van der Waals surface area contributed by atoms with Gasteiger partial charge < -0.3 is 67.3 Å². The van der Waals surface area contributed by atoms with Crippen LogP contribution in [0.25, 0.3) is 0 Å². The molecule has 0 aromatic carbocycles. The van der Waals surface area contributed by atoms with Gasteiger partial charge in [0.15, 0.2) is 0 Å². The van der Waals surface area contributed by atoms with Gasteiger partial charge in [-0.1, -0.05) is 0 Å². The van der Waals surface area contributed by atoms with E-state index in [-0.39, 0.29) is 6.61 Å². The van der Waals surface area contributed by atoms with Crippen LogP contribution in [0.2, 0.25) is 0 Å². The van der Waals surface area contributed by atoms with Gasteiger partial charge >= 0.3 is 5.97 Å². The van der Waals surface area contributed by atoms with Gasteiger partial charge in [-0.3, -0.25) is 4.79 Å². The summed E-state index contributed by atoms with van der Waals surface area (Å²) in [5.41, 5.74) is 0. The Morgan fingerprint density at radius 1 is 0.409 bits per heavy atom. The molecule has 0 rings (SSSR count). The molecule has 0 aliphatic heterocycles. The monoisotopic (exact) mass is 645 g/mol. The molecule has 0 spiro atoms. The normalized spacial score (nSPS) is 11.3. The van der Waals surface area contributed by atoms with Crippen molar-refractivity contribution < 1.29 is 71.5 Å². The number of rotatable bonds is 38. The summed E-state index contributed by atoms with van der Waals surface area (Å²) in [5.74, 6) is -1.52. The molecule has 262 valence electrons. The van der Waals surface area contributed by atoms with Crippen molar-refractivity contribution in [3.63, 3.8) is 0 Å². The molecule has 0 radical (unpaired) electrons. The first-order valence-corrected chi connectivity index (χ1v) is 15.1. The quantitative estimate of drug-likeness (QED) is 0.0814.